The average molecular weight is 464 g/mol. The second-order valence-corrected chi connectivity index (χ2v) is 8.31. The van der Waals surface area contributed by atoms with Gasteiger partial charge in [0.2, 0.25) is 11.8 Å². The number of nitrogens with zero attached hydrogens (tertiary/aromatic N) is 2. The number of thioether (sulfide) groups is 1. The summed E-state index contributed by atoms with van der Waals surface area (Å²) in [7, 11) is 0. The smallest absolute Gasteiger partial charge is 0.416 e. The van der Waals surface area contributed by atoms with Gasteiger partial charge in [0.15, 0.2) is 0 Å². The third-order valence-electron chi connectivity index (χ3n) is 4.65. The van der Waals surface area contributed by atoms with Crippen LogP contribution in [0.3, 0.4) is 0 Å². The van der Waals surface area contributed by atoms with Crippen LogP contribution in [0.4, 0.5) is 24.5 Å². The van der Waals surface area contributed by atoms with Crippen molar-refractivity contribution in [2.45, 2.75) is 37.6 Å². The lowest BCUT2D eigenvalue weighted by atomic mass is 10.2. The third kappa shape index (κ3) is 5.37. The molecule has 0 unspecified atom stereocenters. The fourth-order valence-corrected chi connectivity index (χ4v) is 4.38. The number of amides is 2. The summed E-state index contributed by atoms with van der Waals surface area (Å²) in [6, 6.07) is 9.98. The maximum absolute atomic E-state index is 13.0. The van der Waals surface area contributed by atoms with E-state index in [1.165, 1.54) is 36.4 Å². The normalized spacial score (nSPS) is 17.2. The Morgan fingerprint density at radius 3 is 2.47 bits per heavy atom. The molecule has 1 aliphatic heterocycles. The second-order valence-electron chi connectivity index (χ2n) is 7.03. The van der Waals surface area contributed by atoms with Crippen LogP contribution in [0.25, 0.3) is 0 Å². The molecule has 0 radical (unpaired) electrons. The molecule has 1 saturated heterocycles. The van der Waals surface area contributed by atoms with Crippen LogP contribution < -0.4 is 4.90 Å². The molecular weight excluding hydrogens is 445 g/mol. The summed E-state index contributed by atoms with van der Waals surface area (Å²) in [6.07, 6.45) is -3.49. The lowest BCUT2D eigenvalue weighted by molar-refractivity contribution is -0.137. The van der Waals surface area contributed by atoms with Crippen molar-refractivity contribution < 1.29 is 32.7 Å². The van der Waals surface area contributed by atoms with Crippen molar-refractivity contribution in [1.82, 2.24) is 0 Å². The molecule has 1 fully saturated rings. The first-order valence-electron chi connectivity index (χ1n) is 9.71. The number of aliphatic imine (C=N–C) groups is 1. The Labute approximate surface area is 186 Å². The van der Waals surface area contributed by atoms with E-state index in [4.69, 9.17) is 5.11 Å². The lowest BCUT2D eigenvalue weighted by Crippen LogP contribution is -2.31. The largest absolute Gasteiger partial charge is 0.478 e. The Morgan fingerprint density at radius 2 is 1.88 bits per heavy atom. The summed E-state index contributed by atoms with van der Waals surface area (Å²) in [5.41, 5.74) is -0.409. The second kappa shape index (κ2) is 9.56. The Hall–Kier alpha value is -3.14. The molecule has 10 heteroatoms. The van der Waals surface area contributed by atoms with E-state index >= 15 is 0 Å². The first-order chi connectivity index (χ1) is 15.1. The molecule has 2 aromatic rings. The summed E-state index contributed by atoms with van der Waals surface area (Å²) in [5, 5.41) is 8.69. The molecule has 32 heavy (non-hydrogen) atoms. The number of halogens is 3. The van der Waals surface area contributed by atoms with Gasteiger partial charge in [0.05, 0.1) is 32.8 Å². The van der Waals surface area contributed by atoms with Gasteiger partial charge in [-0.2, -0.15) is 13.2 Å². The van der Waals surface area contributed by atoms with Gasteiger partial charge in [-0.3, -0.25) is 9.59 Å². The van der Waals surface area contributed by atoms with Crippen molar-refractivity contribution in [2.75, 3.05) is 4.90 Å². The quantitative estimate of drug-likeness (QED) is 0.356. The highest BCUT2D eigenvalue weighted by Gasteiger charge is 2.40. The van der Waals surface area contributed by atoms with E-state index in [1.54, 1.807) is 0 Å². The topological polar surface area (TPSA) is 87.0 Å². The first kappa shape index (κ1) is 23.5. The van der Waals surface area contributed by atoms with Crippen molar-refractivity contribution in [3.05, 3.63) is 59.7 Å². The molecule has 168 valence electrons. The SMILES string of the molecule is CCCC(=Nc1cccc(C(F)(F)F)c1)S[C@H]1CC(=O)N(c2ccc(C(=O)O)cc2)C1=O. The van der Waals surface area contributed by atoms with Gasteiger partial charge in [0.1, 0.15) is 0 Å². The zero-order valence-electron chi connectivity index (χ0n) is 16.9. The van der Waals surface area contributed by atoms with Crippen LogP contribution in [0.1, 0.15) is 42.1 Å². The molecule has 0 aliphatic carbocycles. The number of imide groups is 1. The van der Waals surface area contributed by atoms with Crippen LogP contribution in [0, 0.1) is 0 Å². The number of aromatic carboxylic acids is 1. The van der Waals surface area contributed by atoms with E-state index in [9.17, 15) is 27.6 Å². The van der Waals surface area contributed by atoms with Crippen molar-refractivity contribution in [2.24, 2.45) is 4.99 Å². The maximum Gasteiger partial charge on any atom is 0.416 e. The maximum atomic E-state index is 13.0. The molecule has 1 atom stereocenters. The van der Waals surface area contributed by atoms with Gasteiger partial charge < -0.3 is 5.11 Å². The molecule has 0 spiro atoms. The van der Waals surface area contributed by atoms with Crippen molar-refractivity contribution in [3.8, 4) is 0 Å². The van der Waals surface area contributed by atoms with Crippen LogP contribution in [0.5, 0.6) is 0 Å². The van der Waals surface area contributed by atoms with E-state index in [1.807, 2.05) is 6.92 Å². The Morgan fingerprint density at radius 1 is 1.19 bits per heavy atom. The number of hydrogen-bond donors (Lipinski definition) is 1. The highest BCUT2D eigenvalue weighted by molar-refractivity contribution is 8.15. The summed E-state index contributed by atoms with van der Waals surface area (Å²) in [6.45, 7) is 1.88. The van der Waals surface area contributed by atoms with Crippen LogP contribution in [-0.4, -0.2) is 33.2 Å². The molecule has 0 aromatic heterocycles. The van der Waals surface area contributed by atoms with E-state index in [2.05, 4.69) is 4.99 Å². The van der Waals surface area contributed by atoms with Crippen molar-refractivity contribution in [3.63, 3.8) is 0 Å². The number of carbonyl (C=O) groups excluding carboxylic acids is 2. The number of anilines is 1. The Bertz CT molecular complexity index is 1070. The zero-order valence-corrected chi connectivity index (χ0v) is 17.7. The Balaban J connectivity index is 1.81. The average Bonchev–Trinajstić information content (AvgIpc) is 3.00. The minimum Gasteiger partial charge on any atom is -0.478 e. The first-order valence-corrected chi connectivity index (χ1v) is 10.6. The standard InChI is InChI=1S/C22H19F3N2O4S/c1-2-4-18(26-15-6-3-5-14(11-15)22(23,24)25)32-17-12-19(28)27(20(17)29)16-9-7-13(8-10-16)21(30)31/h3,5-11,17H,2,4,12H2,1H3,(H,30,31)/t17-/m0/s1. The predicted molar refractivity (Wildman–Crippen MR) is 115 cm³/mol. The number of carboxylic acids is 1. The van der Waals surface area contributed by atoms with Gasteiger partial charge in [-0.25, -0.2) is 14.7 Å². The number of rotatable bonds is 6. The van der Waals surface area contributed by atoms with Gasteiger partial charge in [-0.1, -0.05) is 31.2 Å². The minimum absolute atomic E-state index is 0.0252. The molecule has 0 saturated carbocycles. The molecule has 3 rings (SSSR count). The lowest BCUT2D eigenvalue weighted by Gasteiger charge is -2.15. The molecule has 1 heterocycles. The number of hydrogen-bond acceptors (Lipinski definition) is 5. The van der Waals surface area contributed by atoms with E-state index < -0.39 is 34.8 Å². The molecule has 1 N–H and O–H groups in total. The highest BCUT2D eigenvalue weighted by Crippen LogP contribution is 2.34. The van der Waals surface area contributed by atoms with Crippen LogP contribution in [0.15, 0.2) is 53.5 Å². The van der Waals surface area contributed by atoms with Gasteiger partial charge in [0.25, 0.3) is 0 Å². The molecular formula is C22H19F3N2O4S. The summed E-state index contributed by atoms with van der Waals surface area (Å²) < 4.78 is 38.9. The predicted octanol–water partition coefficient (Wildman–Crippen LogP) is 5.30. The summed E-state index contributed by atoms with van der Waals surface area (Å²) >= 11 is 1.07. The number of carbonyl (C=O) groups is 3. The zero-order chi connectivity index (χ0) is 23.5. The molecule has 1 aliphatic rings. The van der Waals surface area contributed by atoms with Gasteiger partial charge in [-0.05, 0) is 48.9 Å². The van der Waals surface area contributed by atoms with Crippen molar-refractivity contribution >= 4 is 46.0 Å². The summed E-state index contributed by atoms with van der Waals surface area (Å²) in [4.78, 5) is 41.7. The number of alkyl halides is 3. The summed E-state index contributed by atoms with van der Waals surface area (Å²) in [5.74, 6) is -2.04. The minimum atomic E-state index is -4.49. The molecule has 2 amide bonds. The Kier molecular flexibility index (Phi) is 7.02. The van der Waals surface area contributed by atoms with Crippen LogP contribution >= 0.6 is 11.8 Å². The van der Waals surface area contributed by atoms with E-state index in [0.29, 0.717) is 17.9 Å². The molecule has 0 bridgehead atoms. The fourth-order valence-electron chi connectivity index (χ4n) is 3.14. The number of carboxylic acid groups (broad SMARTS) is 1. The van der Waals surface area contributed by atoms with Gasteiger partial charge in [0, 0.05) is 6.42 Å². The van der Waals surface area contributed by atoms with E-state index in [-0.39, 0.29) is 23.4 Å². The highest BCUT2D eigenvalue weighted by atomic mass is 32.2. The van der Waals surface area contributed by atoms with E-state index in [0.717, 1.165) is 28.8 Å². The van der Waals surface area contributed by atoms with Gasteiger partial charge >= 0.3 is 12.1 Å². The third-order valence-corrected chi connectivity index (χ3v) is 5.87. The van der Waals surface area contributed by atoms with Crippen LogP contribution in [0.2, 0.25) is 0 Å². The molecule has 2 aromatic carbocycles. The van der Waals surface area contributed by atoms with Crippen LogP contribution in [-0.2, 0) is 15.8 Å². The number of benzene rings is 2. The fraction of sp³-hybridized carbons (Fsp3) is 0.273. The monoisotopic (exact) mass is 464 g/mol. The van der Waals surface area contributed by atoms with Crippen molar-refractivity contribution in [1.29, 1.82) is 0 Å². The van der Waals surface area contributed by atoms with Gasteiger partial charge in [-0.15, -0.1) is 0 Å². The molecule has 6 nitrogen and oxygen atoms in total.